The molecule has 4 heteroatoms. The molecule has 0 aromatic heterocycles. The normalized spacial score (nSPS) is 30.5. The van der Waals surface area contributed by atoms with Gasteiger partial charge in [0.2, 0.25) is 0 Å². The van der Waals surface area contributed by atoms with Gasteiger partial charge in [0.05, 0.1) is 39.1 Å². The molecule has 0 aliphatic carbocycles. The van der Waals surface area contributed by atoms with Crippen molar-refractivity contribution in [3.63, 3.8) is 0 Å². The van der Waals surface area contributed by atoms with Gasteiger partial charge in [-0.3, -0.25) is 0 Å². The van der Waals surface area contributed by atoms with Crippen LogP contribution in [0.25, 0.3) is 0 Å². The molecule has 0 saturated carbocycles. The van der Waals surface area contributed by atoms with Crippen molar-refractivity contribution in [1.82, 2.24) is 0 Å². The zero-order chi connectivity index (χ0) is 8.93. The van der Waals surface area contributed by atoms with Crippen molar-refractivity contribution in [2.45, 2.75) is 18.6 Å². The number of rotatable bonds is 8. The fraction of sp³-hybridized carbons (Fsp3) is 1.00. The highest BCUT2D eigenvalue weighted by Gasteiger charge is 2.22. The van der Waals surface area contributed by atoms with Crippen LogP contribution in [0.15, 0.2) is 0 Å². The molecule has 0 radical (unpaired) electrons. The Labute approximate surface area is 78.1 Å². The van der Waals surface area contributed by atoms with Crippen LogP contribution < -0.4 is 0 Å². The molecule has 2 heterocycles. The van der Waals surface area contributed by atoms with Crippen molar-refractivity contribution >= 4 is 0 Å². The second kappa shape index (κ2) is 4.91. The van der Waals surface area contributed by atoms with E-state index in [1.165, 1.54) is 0 Å². The highest BCUT2D eigenvalue weighted by atomic mass is 16.6. The minimum absolute atomic E-state index is 0.361. The molecule has 2 aliphatic heterocycles. The van der Waals surface area contributed by atoms with Crippen LogP contribution in [-0.4, -0.2) is 51.8 Å². The standard InChI is InChI=1S/C9H16O4/c1(8-6-12-8)2-10-3-4-11-5-9-7-13-9/h8-9H,1-7H2. The fourth-order valence-corrected chi connectivity index (χ4v) is 1.05. The fourth-order valence-electron chi connectivity index (χ4n) is 1.05. The monoisotopic (exact) mass is 188 g/mol. The summed E-state index contributed by atoms with van der Waals surface area (Å²) in [4.78, 5) is 0. The van der Waals surface area contributed by atoms with E-state index in [0.29, 0.717) is 25.4 Å². The van der Waals surface area contributed by atoms with E-state index < -0.39 is 0 Å². The van der Waals surface area contributed by atoms with Gasteiger partial charge in [0.1, 0.15) is 6.10 Å². The lowest BCUT2D eigenvalue weighted by atomic mass is 10.3. The second-order valence-corrected chi connectivity index (χ2v) is 3.39. The van der Waals surface area contributed by atoms with Gasteiger partial charge in [-0.1, -0.05) is 0 Å². The molecule has 0 aromatic carbocycles. The zero-order valence-electron chi connectivity index (χ0n) is 7.74. The molecule has 0 N–H and O–H groups in total. The lowest BCUT2D eigenvalue weighted by Gasteiger charge is -2.03. The van der Waals surface area contributed by atoms with E-state index in [0.717, 1.165) is 32.8 Å². The summed E-state index contributed by atoms with van der Waals surface area (Å²) in [6.45, 7) is 4.63. The summed E-state index contributed by atoms with van der Waals surface area (Å²) < 4.78 is 20.7. The molecular formula is C9H16O4. The molecular weight excluding hydrogens is 172 g/mol. The Balaban J connectivity index is 1.28. The van der Waals surface area contributed by atoms with E-state index in [4.69, 9.17) is 18.9 Å². The Morgan fingerprint density at radius 3 is 2.31 bits per heavy atom. The van der Waals surface area contributed by atoms with Gasteiger partial charge < -0.3 is 18.9 Å². The number of hydrogen-bond donors (Lipinski definition) is 0. The molecule has 0 amide bonds. The van der Waals surface area contributed by atoms with Crippen molar-refractivity contribution in [2.75, 3.05) is 39.6 Å². The van der Waals surface area contributed by atoms with E-state index >= 15 is 0 Å². The number of epoxide rings is 2. The van der Waals surface area contributed by atoms with Crippen LogP contribution in [0.3, 0.4) is 0 Å². The van der Waals surface area contributed by atoms with Crippen molar-refractivity contribution in [3.8, 4) is 0 Å². The minimum Gasteiger partial charge on any atom is -0.379 e. The predicted octanol–water partition coefficient (Wildman–Crippen LogP) is 0.207. The summed E-state index contributed by atoms with van der Waals surface area (Å²) in [5, 5.41) is 0. The van der Waals surface area contributed by atoms with Crippen LogP contribution in [-0.2, 0) is 18.9 Å². The van der Waals surface area contributed by atoms with Crippen LogP contribution in [0.2, 0.25) is 0 Å². The Bertz CT molecular complexity index is 127. The van der Waals surface area contributed by atoms with E-state index in [1.54, 1.807) is 0 Å². The maximum atomic E-state index is 5.34. The van der Waals surface area contributed by atoms with Crippen LogP contribution in [0.4, 0.5) is 0 Å². The summed E-state index contributed by atoms with van der Waals surface area (Å²) in [6, 6.07) is 0. The molecule has 2 rings (SSSR count). The Morgan fingerprint density at radius 2 is 1.62 bits per heavy atom. The SMILES string of the molecule is C(COCC1CO1)OCCC1CO1. The number of hydrogen-bond acceptors (Lipinski definition) is 4. The largest absolute Gasteiger partial charge is 0.379 e. The maximum absolute atomic E-state index is 5.34. The van der Waals surface area contributed by atoms with Crippen molar-refractivity contribution in [1.29, 1.82) is 0 Å². The first kappa shape index (κ1) is 9.40. The Hall–Kier alpha value is -0.160. The average Bonchev–Trinajstić information content (AvgIpc) is 2.99. The highest BCUT2D eigenvalue weighted by molar-refractivity contribution is 4.68. The first-order valence-corrected chi connectivity index (χ1v) is 4.84. The lowest BCUT2D eigenvalue weighted by Crippen LogP contribution is -2.09. The first-order chi connectivity index (χ1) is 6.45. The topological polar surface area (TPSA) is 43.5 Å². The van der Waals surface area contributed by atoms with Gasteiger partial charge in [-0.2, -0.15) is 0 Å². The quantitative estimate of drug-likeness (QED) is 0.403. The van der Waals surface area contributed by atoms with Crippen molar-refractivity contribution < 1.29 is 18.9 Å². The molecule has 4 nitrogen and oxygen atoms in total. The lowest BCUT2D eigenvalue weighted by molar-refractivity contribution is 0.0395. The summed E-state index contributed by atoms with van der Waals surface area (Å²) >= 11 is 0. The minimum atomic E-state index is 0.361. The molecule has 2 saturated heterocycles. The summed E-state index contributed by atoms with van der Waals surface area (Å²) in [5.41, 5.74) is 0. The molecule has 0 spiro atoms. The molecule has 2 unspecified atom stereocenters. The average molecular weight is 188 g/mol. The molecule has 0 aromatic rings. The van der Waals surface area contributed by atoms with Gasteiger partial charge in [0.25, 0.3) is 0 Å². The Morgan fingerprint density at radius 1 is 0.923 bits per heavy atom. The van der Waals surface area contributed by atoms with Gasteiger partial charge >= 0.3 is 0 Å². The third kappa shape index (κ3) is 4.57. The second-order valence-electron chi connectivity index (χ2n) is 3.39. The first-order valence-electron chi connectivity index (χ1n) is 4.84. The van der Waals surface area contributed by atoms with Gasteiger partial charge in [0, 0.05) is 6.61 Å². The summed E-state index contributed by atoms with van der Waals surface area (Å²) in [5.74, 6) is 0. The van der Waals surface area contributed by atoms with E-state index in [2.05, 4.69) is 0 Å². The molecule has 2 atom stereocenters. The van der Waals surface area contributed by atoms with Crippen LogP contribution >= 0.6 is 0 Å². The Kier molecular flexibility index (Phi) is 3.55. The summed E-state index contributed by atoms with van der Waals surface area (Å²) in [6.07, 6.45) is 1.85. The van der Waals surface area contributed by atoms with Gasteiger partial charge in [-0.15, -0.1) is 0 Å². The number of ether oxygens (including phenoxy) is 4. The molecule has 76 valence electrons. The molecule has 13 heavy (non-hydrogen) atoms. The van der Waals surface area contributed by atoms with Gasteiger partial charge in [0.15, 0.2) is 0 Å². The molecule has 2 fully saturated rings. The van der Waals surface area contributed by atoms with E-state index in [1.807, 2.05) is 0 Å². The van der Waals surface area contributed by atoms with Crippen molar-refractivity contribution in [3.05, 3.63) is 0 Å². The predicted molar refractivity (Wildman–Crippen MR) is 45.7 cm³/mol. The smallest absolute Gasteiger partial charge is 0.104 e. The summed E-state index contributed by atoms with van der Waals surface area (Å²) in [7, 11) is 0. The molecule has 0 bridgehead atoms. The van der Waals surface area contributed by atoms with Crippen LogP contribution in [0.1, 0.15) is 6.42 Å². The van der Waals surface area contributed by atoms with Gasteiger partial charge in [-0.05, 0) is 6.42 Å². The third-order valence-corrected chi connectivity index (χ3v) is 2.06. The van der Waals surface area contributed by atoms with E-state index in [-0.39, 0.29) is 0 Å². The van der Waals surface area contributed by atoms with Crippen LogP contribution in [0.5, 0.6) is 0 Å². The van der Waals surface area contributed by atoms with Gasteiger partial charge in [-0.25, -0.2) is 0 Å². The third-order valence-electron chi connectivity index (χ3n) is 2.06. The van der Waals surface area contributed by atoms with E-state index in [9.17, 15) is 0 Å². The highest BCUT2D eigenvalue weighted by Crippen LogP contribution is 2.12. The van der Waals surface area contributed by atoms with Crippen LogP contribution in [0, 0.1) is 0 Å². The maximum Gasteiger partial charge on any atom is 0.104 e. The van der Waals surface area contributed by atoms with Crippen molar-refractivity contribution in [2.24, 2.45) is 0 Å². The zero-order valence-corrected chi connectivity index (χ0v) is 7.74. The molecule has 2 aliphatic rings.